The van der Waals surface area contributed by atoms with Gasteiger partial charge in [0.05, 0.1) is 13.1 Å². The molecule has 0 rings (SSSR count). The van der Waals surface area contributed by atoms with Crippen LogP contribution in [0.1, 0.15) is 26.7 Å². The second kappa shape index (κ2) is 18.0. The van der Waals surface area contributed by atoms with Crippen LogP contribution in [0, 0.1) is 0 Å². The second-order valence-corrected chi connectivity index (χ2v) is 9.34. The first-order chi connectivity index (χ1) is 15.9. The molecular weight excluding hydrogens is 502 g/mol. The molecule has 0 heterocycles. The first kappa shape index (κ1) is 33.7. The highest BCUT2D eigenvalue weighted by atomic mass is 32.1. The van der Waals surface area contributed by atoms with Crippen LogP contribution in [-0.2, 0) is 9.59 Å². The summed E-state index contributed by atoms with van der Waals surface area (Å²) < 4.78 is 0. The van der Waals surface area contributed by atoms with Crippen LogP contribution in [-0.4, -0.2) is 135 Å². The molecule has 0 aliphatic carbocycles. The molecular formula is C20H43N5O6S3. The molecule has 34 heavy (non-hydrogen) atoms. The number of hydrogen-bond acceptors (Lipinski definition) is 12. The minimum atomic E-state index is -2.35. The van der Waals surface area contributed by atoms with Gasteiger partial charge < -0.3 is 36.0 Å². The number of carbonyl (C=O) groups is 2. The van der Waals surface area contributed by atoms with E-state index in [0.29, 0.717) is 25.4 Å². The topological polar surface area (TPSA) is 149 Å². The van der Waals surface area contributed by atoms with Crippen molar-refractivity contribution < 1.29 is 30.0 Å². The summed E-state index contributed by atoms with van der Waals surface area (Å²) in [5.74, 6) is -3.94. The van der Waals surface area contributed by atoms with Crippen molar-refractivity contribution in [2.24, 2.45) is 0 Å². The maximum Gasteiger partial charge on any atom is 0.246 e. The largest absolute Gasteiger partial charge is 0.349 e. The lowest BCUT2D eigenvalue weighted by molar-refractivity contribution is -0.191. The Morgan fingerprint density at radius 3 is 1.21 bits per heavy atom. The van der Waals surface area contributed by atoms with E-state index in [0.717, 1.165) is 37.7 Å². The van der Waals surface area contributed by atoms with Gasteiger partial charge >= 0.3 is 0 Å². The van der Waals surface area contributed by atoms with Crippen LogP contribution >= 0.6 is 37.9 Å². The number of nitrogens with zero attached hydrogens (tertiary/aromatic N) is 3. The van der Waals surface area contributed by atoms with Crippen LogP contribution in [0.3, 0.4) is 0 Å². The Balaban J connectivity index is 5.18. The van der Waals surface area contributed by atoms with Gasteiger partial charge in [-0.15, -0.1) is 0 Å². The summed E-state index contributed by atoms with van der Waals surface area (Å²) in [6.07, 6.45) is -0.226. The zero-order valence-electron chi connectivity index (χ0n) is 20.2. The van der Waals surface area contributed by atoms with E-state index in [1.807, 2.05) is 0 Å². The molecule has 0 aromatic carbocycles. The summed E-state index contributed by atoms with van der Waals surface area (Å²) in [7, 11) is 0. The molecule has 0 atom stereocenters. The minimum Gasteiger partial charge on any atom is -0.349 e. The highest BCUT2D eigenvalue weighted by Crippen LogP contribution is 2.03. The van der Waals surface area contributed by atoms with E-state index in [9.17, 15) is 30.0 Å². The predicted octanol–water partition coefficient (Wildman–Crippen LogP) is -1.99. The van der Waals surface area contributed by atoms with Crippen LogP contribution in [0.5, 0.6) is 0 Å². The summed E-state index contributed by atoms with van der Waals surface area (Å²) in [6, 6.07) is 0. The number of nitrogens with one attached hydrogen (secondary N) is 2. The molecule has 0 aromatic rings. The highest BCUT2D eigenvalue weighted by Gasteiger charge is 2.27. The number of amides is 2. The molecule has 0 aromatic heterocycles. The van der Waals surface area contributed by atoms with Gasteiger partial charge in [0.1, 0.15) is 0 Å². The molecule has 14 heteroatoms. The molecule has 0 saturated heterocycles. The molecule has 0 aliphatic heterocycles. The zero-order chi connectivity index (χ0) is 26.2. The average Bonchev–Trinajstić information content (AvgIpc) is 2.74. The third kappa shape index (κ3) is 16.4. The summed E-state index contributed by atoms with van der Waals surface area (Å²) in [5, 5.41) is 43.0. The molecule has 0 radical (unpaired) electrons. The van der Waals surface area contributed by atoms with Gasteiger partial charge in [0, 0.05) is 75.9 Å². The molecule has 6 N–H and O–H groups in total. The molecule has 0 bridgehead atoms. The van der Waals surface area contributed by atoms with Crippen molar-refractivity contribution >= 4 is 49.7 Å². The lowest BCUT2D eigenvalue weighted by atomic mass is 10.3. The van der Waals surface area contributed by atoms with E-state index in [4.69, 9.17) is 0 Å². The second-order valence-electron chi connectivity index (χ2n) is 8.00. The fourth-order valence-corrected chi connectivity index (χ4v) is 3.83. The van der Waals surface area contributed by atoms with Gasteiger partial charge in [-0.05, 0) is 0 Å². The molecule has 0 saturated carbocycles. The Hall–Kier alpha value is -0.290. The van der Waals surface area contributed by atoms with Crippen LogP contribution in [0.4, 0.5) is 0 Å². The fourth-order valence-electron chi connectivity index (χ4n) is 2.98. The Morgan fingerprint density at radius 2 is 0.912 bits per heavy atom. The third-order valence-corrected chi connectivity index (χ3v) is 5.71. The normalized spacial score (nSPS) is 12.6. The first-order valence-corrected chi connectivity index (χ1v) is 13.3. The SMILES string of the molecule is CCC(O)(O)NC(=O)CN(CCN(CCS)CCN(CCS)CCS)CC(=O)NC(O)(O)CC. The standard InChI is InChI=1S/C20H43N5O6S3/c1-3-19(28,29)21-17(26)15-25(16-18(27)22-20(30,31)4-2)8-7-23(9-12-32)5-6-24(10-13-33)11-14-34/h28-34H,3-16H2,1-2H3,(H,21,26)(H,22,27). The van der Waals surface area contributed by atoms with Gasteiger partial charge in [-0.25, -0.2) is 0 Å². The van der Waals surface area contributed by atoms with Crippen molar-refractivity contribution in [3.8, 4) is 0 Å². The van der Waals surface area contributed by atoms with E-state index in [1.54, 1.807) is 0 Å². The van der Waals surface area contributed by atoms with Crippen molar-refractivity contribution in [1.82, 2.24) is 25.3 Å². The number of rotatable bonds is 20. The Morgan fingerprint density at radius 1 is 0.618 bits per heavy atom. The van der Waals surface area contributed by atoms with Crippen molar-refractivity contribution in [3.63, 3.8) is 0 Å². The average molecular weight is 546 g/mol. The van der Waals surface area contributed by atoms with Crippen LogP contribution in [0.2, 0.25) is 0 Å². The van der Waals surface area contributed by atoms with Gasteiger partial charge in [0.2, 0.25) is 23.6 Å². The zero-order valence-corrected chi connectivity index (χ0v) is 22.9. The molecule has 0 spiro atoms. The molecule has 0 fully saturated rings. The summed E-state index contributed by atoms with van der Waals surface area (Å²) in [6.45, 7) is 7.18. The van der Waals surface area contributed by atoms with Gasteiger partial charge in [-0.2, -0.15) is 37.9 Å². The molecule has 0 unspecified atom stereocenters. The predicted molar refractivity (Wildman–Crippen MR) is 142 cm³/mol. The van der Waals surface area contributed by atoms with Crippen molar-refractivity contribution in [3.05, 3.63) is 0 Å². The lowest BCUT2D eigenvalue weighted by Crippen LogP contribution is -2.55. The quantitative estimate of drug-likeness (QED) is 0.0626. The summed E-state index contributed by atoms with van der Waals surface area (Å²) in [5.41, 5.74) is 0. The number of carbonyl (C=O) groups excluding carboxylic acids is 2. The fraction of sp³-hybridized carbons (Fsp3) is 0.900. The minimum absolute atomic E-state index is 0.113. The smallest absolute Gasteiger partial charge is 0.246 e. The van der Waals surface area contributed by atoms with E-state index >= 15 is 0 Å². The number of hydrogen-bond donors (Lipinski definition) is 9. The summed E-state index contributed by atoms with van der Waals surface area (Å²) >= 11 is 12.9. The first-order valence-electron chi connectivity index (χ1n) is 11.4. The van der Waals surface area contributed by atoms with E-state index in [1.165, 1.54) is 18.7 Å². The van der Waals surface area contributed by atoms with Gasteiger partial charge in [0.15, 0.2) is 0 Å². The van der Waals surface area contributed by atoms with Crippen molar-refractivity contribution in [2.45, 2.75) is 38.5 Å². The molecule has 0 aliphatic rings. The number of thiol groups is 3. The van der Waals surface area contributed by atoms with Crippen LogP contribution in [0.15, 0.2) is 0 Å². The molecule has 2 amide bonds. The Labute approximate surface area is 219 Å². The van der Waals surface area contributed by atoms with Crippen LogP contribution < -0.4 is 10.6 Å². The number of aliphatic hydroxyl groups is 4. The molecule has 202 valence electrons. The monoisotopic (exact) mass is 545 g/mol. The van der Waals surface area contributed by atoms with Gasteiger partial charge in [-0.3, -0.25) is 19.4 Å². The van der Waals surface area contributed by atoms with Gasteiger partial charge in [0.25, 0.3) is 0 Å². The third-order valence-electron chi connectivity index (χ3n) is 5.11. The highest BCUT2D eigenvalue weighted by molar-refractivity contribution is 7.80. The Bertz CT molecular complexity index is 551. The Kier molecular flexibility index (Phi) is 17.9. The van der Waals surface area contributed by atoms with Crippen molar-refractivity contribution in [1.29, 1.82) is 0 Å². The van der Waals surface area contributed by atoms with Crippen LogP contribution in [0.25, 0.3) is 0 Å². The van der Waals surface area contributed by atoms with E-state index in [-0.39, 0.29) is 25.9 Å². The maximum absolute atomic E-state index is 12.3. The van der Waals surface area contributed by atoms with E-state index in [2.05, 4.69) is 58.3 Å². The maximum atomic E-state index is 12.3. The van der Waals surface area contributed by atoms with Gasteiger partial charge in [-0.1, -0.05) is 13.8 Å². The molecule has 11 nitrogen and oxygen atoms in total. The van der Waals surface area contributed by atoms with E-state index < -0.39 is 23.6 Å². The summed E-state index contributed by atoms with van der Waals surface area (Å²) in [4.78, 5) is 30.6. The lowest BCUT2D eigenvalue weighted by Gasteiger charge is -2.30. The van der Waals surface area contributed by atoms with Crippen molar-refractivity contribution in [2.75, 3.05) is 76.2 Å².